The van der Waals surface area contributed by atoms with Crippen LogP contribution in [0.25, 0.3) is 0 Å². The van der Waals surface area contributed by atoms with Crippen molar-refractivity contribution >= 4 is 11.5 Å². The molecule has 0 aromatic heterocycles. The monoisotopic (exact) mass is 215 g/mol. The summed E-state index contributed by atoms with van der Waals surface area (Å²) in [6.07, 6.45) is 2.24. The van der Waals surface area contributed by atoms with Crippen LogP contribution in [0, 0.1) is 6.67 Å². The van der Waals surface area contributed by atoms with Gasteiger partial charge in [-0.15, -0.1) is 0 Å². The van der Waals surface area contributed by atoms with Crippen molar-refractivity contribution in [1.29, 1.82) is 0 Å². The fraction of sp³-hybridized carbons (Fsp3) is 0.333. The summed E-state index contributed by atoms with van der Waals surface area (Å²) >= 11 is 0. The highest BCUT2D eigenvalue weighted by Gasteiger charge is 2.29. The zero-order chi connectivity index (χ0) is 11.0. The molecule has 1 aromatic carbocycles. The smallest absolute Gasteiger partial charge is 0.232 e. The normalized spacial score (nSPS) is 18.7. The van der Waals surface area contributed by atoms with E-state index >= 15 is 0 Å². The lowest BCUT2D eigenvalue weighted by Crippen LogP contribution is -2.20. The second-order valence-corrected chi connectivity index (χ2v) is 3.88. The van der Waals surface area contributed by atoms with Crippen molar-refractivity contribution in [2.45, 2.75) is 12.8 Å². The van der Waals surface area contributed by atoms with E-state index in [9.17, 15) is 0 Å². The summed E-state index contributed by atoms with van der Waals surface area (Å²) in [6.45, 7) is 4.26. The first-order chi connectivity index (χ1) is 7.86. The van der Waals surface area contributed by atoms with Crippen LogP contribution in [0.4, 0.5) is 5.69 Å². The van der Waals surface area contributed by atoms with Gasteiger partial charge in [0.15, 0.2) is 0 Å². The molecule has 0 spiro atoms. The summed E-state index contributed by atoms with van der Waals surface area (Å²) in [5, 5.41) is 6.30. The van der Waals surface area contributed by atoms with Gasteiger partial charge in [-0.05, 0) is 30.7 Å². The first-order valence-corrected chi connectivity index (χ1v) is 5.42. The molecule has 1 fully saturated rings. The van der Waals surface area contributed by atoms with Gasteiger partial charge < -0.3 is 9.64 Å². The number of hydrogen-bond acceptors (Lipinski definition) is 4. The summed E-state index contributed by atoms with van der Waals surface area (Å²) in [4.78, 5) is 2.09. The van der Waals surface area contributed by atoms with Crippen LogP contribution >= 0.6 is 0 Å². The van der Waals surface area contributed by atoms with Crippen LogP contribution in [0.3, 0.4) is 0 Å². The number of benzene rings is 1. The van der Waals surface area contributed by atoms with Crippen LogP contribution < -0.4 is 9.75 Å². The number of rotatable bonds is 2. The number of fused-ring (bicyclic) bond motifs is 1. The molecule has 1 saturated heterocycles. The van der Waals surface area contributed by atoms with Gasteiger partial charge in [-0.3, -0.25) is 0 Å². The number of methoxy groups -OCH3 is 1. The Morgan fingerprint density at radius 2 is 2.12 bits per heavy atom. The average molecular weight is 215 g/mol. The van der Waals surface area contributed by atoms with E-state index in [1.54, 1.807) is 12.1 Å². The number of hydrazone groups is 1. The van der Waals surface area contributed by atoms with Crippen LogP contribution in [0.2, 0.25) is 0 Å². The highest BCUT2D eigenvalue weighted by atomic mass is 16.5. The van der Waals surface area contributed by atoms with Gasteiger partial charge >= 0.3 is 0 Å². The Balaban J connectivity index is 1.80. The molecule has 0 unspecified atom stereocenters. The topological polar surface area (TPSA) is 28.1 Å². The Kier molecular flexibility index (Phi) is 2.20. The highest BCUT2D eigenvalue weighted by Crippen LogP contribution is 2.28. The molecule has 2 heterocycles. The number of hydrogen-bond donors (Lipinski definition) is 0. The Bertz CT molecular complexity index is 413. The predicted octanol–water partition coefficient (Wildman–Crippen LogP) is 1.92. The van der Waals surface area contributed by atoms with Crippen molar-refractivity contribution in [1.82, 2.24) is 4.90 Å². The van der Waals surface area contributed by atoms with Gasteiger partial charge in [0.1, 0.15) is 11.6 Å². The summed E-state index contributed by atoms with van der Waals surface area (Å²) in [6, 6.07) is 7.83. The minimum Gasteiger partial charge on any atom is -0.497 e. The standard InChI is InChI=1S/C12H13N3O/c1-16-11-6-4-10(5-7-11)15-9-14-8-2-3-12(14)13-15/h4-7H,2-3,8H2,1H3. The Hall–Kier alpha value is -1.71. The van der Waals surface area contributed by atoms with Crippen LogP contribution in [0.15, 0.2) is 29.4 Å². The van der Waals surface area contributed by atoms with E-state index in [1.165, 1.54) is 6.42 Å². The lowest BCUT2D eigenvalue weighted by molar-refractivity contribution is 0.415. The molecule has 0 saturated carbocycles. The van der Waals surface area contributed by atoms with Crippen molar-refractivity contribution in [3.8, 4) is 5.75 Å². The Labute approximate surface area is 95.1 Å². The molecule has 0 N–H and O–H groups in total. The SMILES string of the molecule is COc1ccc(N2[C]N3CCCC3=N2)cc1. The zero-order valence-electron chi connectivity index (χ0n) is 9.18. The fourth-order valence-electron chi connectivity index (χ4n) is 1.96. The van der Waals surface area contributed by atoms with E-state index < -0.39 is 0 Å². The molecule has 82 valence electrons. The molecule has 4 nitrogen and oxygen atoms in total. The molecule has 0 atom stereocenters. The summed E-state index contributed by atoms with van der Waals surface area (Å²) in [7, 11) is 1.67. The third-order valence-corrected chi connectivity index (χ3v) is 2.84. The maximum Gasteiger partial charge on any atom is 0.232 e. The first-order valence-electron chi connectivity index (χ1n) is 5.42. The van der Waals surface area contributed by atoms with E-state index in [0.717, 1.165) is 30.2 Å². The van der Waals surface area contributed by atoms with Crippen LogP contribution in [0.5, 0.6) is 5.75 Å². The Morgan fingerprint density at radius 1 is 1.31 bits per heavy atom. The number of amidine groups is 1. The summed E-state index contributed by atoms with van der Waals surface area (Å²) in [5.41, 5.74) is 1.02. The average Bonchev–Trinajstić information content (AvgIpc) is 2.89. The molecule has 0 bridgehead atoms. The van der Waals surface area contributed by atoms with E-state index in [4.69, 9.17) is 4.74 Å². The summed E-state index contributed by atoms with van der Waals surface area (Å²) in [5.74, 6) is 1.98. The predicted molar refractivity (Wildman–Crippen MR) is 62.1 cm³/mol. The van der Waals surface area contributed by atoms with E-state index in [0.29, 0.717) is 0 Å². The van der Waals surface area contributed by atoms with E-state index in [2.05, 4.69) is 16.7 Å². The van der Waals surface area contributed by atoms with Gasteiger partial charge in [-0.1, -0.05) is 0 Å². The lowest BCUT2D eigenvalue weighted by atomic mass is 10.3. The van der Waals surface area contributed by atoms with Crippen molar-refractivity contribution < 1.29 is 4.74 Å². The number of anilines is 1. The van der Waals surface area contributed by atoms with Gasteiger partial charge in [-0.2, -0.15) is 5.10 Å². The quantitative estimate of drug-likeness (QED) is 0.754. The maximum atomic E-state index is 5.12. The second-order valence-electron chi connectivity index (χ2n) is 3.88. The molecular formula is C12H13N3O. The first kappa shape index (κ1) is 9.51. The zero-order valence-corrected chi connectivity index (χ0v) is 9.18. The molecule has 2 radical (unpaired) electrons. The van der Waals surface area contributed by atoms with Crippen molar-refractivity contribution in [3.05, 3.63) is 30.9 Å². The molecular weight excluding hydrogens is 202 g/mol. The number of ether oxygens (including phenoxy) is 1. The van der Waals surface area contributed by atoms with Gasteiger partial charge in [0.25, 0.3) is 0 Å². The maximum absolute atomic E-state index is 5.12. The number of nitrogens with zero attached hydrogens (tertiary/aromatic N) is 3. The second kappa shape index (κ2) is 3.70. The van der Waals surface area contributed by atoms with Gasteiger partial charge in [0.05, 0.1) is 12.8 Å². The lowest BCUT2D eigenvalue weighted by Gasteiger charge is -2.14. The molecule has 1 aromatic rings. The molecule has 0 amide bonds. The van der Waals surface area contributed by atoms with Crippen LogP contribution in [-0.4, -0.2) is 24.4 Å². The minimum absolute atomic E-state index is 0.858. The molecule has 4 heteroatoms. The van der Waals surface area contributed by atoms with E-state index in [1.807, 2.05) is 24.3 Å². The molecule has 16 heavy (non-hydrogen) atoms. The molecule has 3 rings (SSSR count). The van der Waals surface area contributed by atoms with Gasteiger partial charge in [-0.25, -0.2) is 5.01 Å². The third-order valence-electron chi connectivity index (χ3n) is 2.84. The molecule has 2 aliphatic rings. The van der Waals surface area contributed by atoms with Crippen LogP contribution in [-0.2, 0) is 0 Å². The molecule has 0 aliphatic carbocycles. The largest absolute Gasteiger partial charge is 0.497 e. The van der Waals surface area contributed by atoms with Crippen molar-refractivity contribution in [2.75, 3.05) is 18.7 Å². The Morgan fingerprint density at radius 3 is 2.81 bits per heavy atom. The van der Waals surface area contributed by atoms with Gasteiger partial charge in [0.2, 0.25) is 6.67 Å². The van der Waals surface area contributed by atoms with Gasteiger partial charge in [0, 0.05) is 13.0 Å². The van der Waals surface area contributed by atoms with E-state index in [-0.39, 0.29) is 0 Å². The molecule has 2 aliphatic heterocycles. The van der Waals surface area contributed by atoms with Crippen molar-refractivity contribution in [2.24, 2.45) is 5.10 Å². The summed E-state index contributed by atoms with van der Waals surface area (Å²) < 4.78 is 5.12. The van der Waals surface area contributed by atoms with Crippen molar-refractivity contribution in [3.63, 3.8) is 0 Å². The minimum atomic E-state index is 0.858. The van der Waals surface area contributed by atoms with Crippen LogP contribution in [0.1, 0.15) is 12.8 Å². The fourth-order valence-corrected chi connectivity index (χ4v) is 1.96. The highest BCUT2D eigenvalue weighted by molar-refractivity contribution is 5.88. The third kappa shape index (κ3) is 1.50.